The van der Waals surface area contributed by atoms with E-state index in [1.807, 2.05) is 23.3 Å². The first-order chi connectivity index (χ1) is 12.1. The van der Waals surface area contributed by atoms with Crippen molar-refractivity contribution in [3.63, 3.8) is 0 Å². The van der Waals surface area contributed by atoms with Gasteiger partial charge < -0.3 is 18.9 Å². The summed E-state index contributed by atoms with van der Waals surface area (Å²) in [6.45, 7) is 1.36. The van der Waals surface area contributed by atoms with Crippen molar-refractivity contribution in [3.05, 3.63) is 23.8 Å². The number of methoxy groups -OCH3 is 2. The number of hydrogen-bond donors (Lipinski definition) is 0. The summed E-state index contributed by atoms with van der Waals surface area (Å²) in [4.78, 5) is 18.4. The van der Waals surface area contributed by atoms with E-state index in [1.54, 1.807) is 14.2 Å². The summed E-state index contributed by atoms with van der Waals surface area (Å²) in [5.74, 6) is 1.03. The van der Waals surface area contributed by atoms with Crippen LogP contribution in [0.5, 0.6) is 11.5 Å². The molecular formula is C18H21NO6. The summed E-state index contributed by atoms with van der Waals surface area (Å²) in [5.41, 5.74) is 0.246. The van der Waals surface area contributed by atoms with Crippen molar-refractivity contribution in [2.45, 2.75) is 37.2 Å². The maximum Gasteiger partial charge on any atom is 0.340 e. The van der Waals surface area contributed by atoms with Gasteiger partial charge in [0, 0.05) is 6.54 Å². The van der Waals surface area contributed by atoms with E-state index < -0.39 is 17.8 Å². The van der Waals surface area contributed by atoms with Gasteiger partial charge in [-0.3, -0.25) is 4.84 Å². The van der Waals surface area contributed by atoms with Crippen LogP contribution in [0.2, 0.25) is 0 Å². The van der Waals surface area contributed by atoms with Gasteiger partial charge in [-0.25, -0.2) is 4.79 Å². The van der Waals surface area contributed by atoms with Gasteiger partial charge in [0.2, 0.25) is 6.29 Å². The number of hydroxylamine groups is 2. The minimum atomic E-state index is -0.603. The van der Waals surface area contributed by atoms with Crippen LogP contribution in [0.15, 0.2) is 18.2 Å². The summed E-state index contributed by atoms with van der Waals surface area (Å²) >= 11 is 0. The molecule has 1 spiro atoms. The predicted octanol–water partition coefficient (Wildman–Crippen LogP) is 1.29. The van der Waals surface area contributed by atoms with Gasteiger partial charge in [0.15, 0.2) is 17.6 Å². The third-order valence-electron chi connectivity index (χ3n) is 6.27. The van der Waals surface area contributed by atoms with Crippen molar-refractivity contribution in [1.82, 2.24) is 5.06 Å². The summed E-state index contributed by atoms with van der Waals surface area (Å²) in [7, 11) is 3.23. The second-order valence-corrected chi connectivity index (χ2v) is 7.21. The first-order valence-electron chi connectivity index (χ1n) is 8.62. The van der Waals surface area contributed by atoms with Gasteiger partial charge in [0.1, 0.15) is 0 Å². The number of ether oxygens (including phenoxy) is 4. The molecular weight excluding hydrogens is 326 g/mol. The Bertz CT molecular complexity index is 738. The molecule has 0 amide bonds. The van der Waals surface area contributed by atoms with Gasteiger partial charge in [0.05, 0.1) is 31.8 Å². The van der Waals surface area contributed by atoms with Gasteiger partial charge in [-0.05, 0) is 37.0 Å². The van der Waals surface area contributed by atoms with Crippen molar-refractivity contribution in [2.75, 3.05) is 27.4 Å². The van der Waals surface area contributed by atoms with Crippen LogP contribution in [0.1, 0.15) is 18.4 Å². The molecule has 0 saturated carbocycles. The van der Waals surface area contributed by atoms with Crippen molar-refractivity contribution >= 4 is 5.97 Å². The predicted molar refractivity (Wildman–Crippen MR) is 85.1 cm³/mol. The lowest BCUT2D eigenvalue weighted by molar-refractivity contribution is -0.186. The van der Waals surface area contributed by atoms with E-state index in [0.717, 1.165) is 24.9 Å². The third-order valence-corrected chi connectivity index (χ3v) is 6.27. The monoisotopic (exact) mass is 347 g/mol. The number of carbonyl (C=O) groups is 1. The molecule has 134 valence electrons. The molecule has 0 aromatic heterocycles. The molecule has 0 aliphatic carbocycles. The summed E-state index contributed by atoms with van der Waals surface area (Å²) in [5, 5.41) is 1.98. The first-order valence-corrected chi connectivity index (χ1v) is 8.62. The van der Waals surface area contributed by atoms with Crippen molar-refractivity contribution in [1.29, 1.82) is 0 Å². The van der Waals surface area contributed by atoms with Crippen LogP contribution in [0.4, 0.5) is 0 Å². The van der Waals surface area contributed by atoms with E-state index >= 15 is 0 Å². The molecule has 0 unspecified atom stereocenters. The number of esters is 1. The smallest absolute Gasteiger partial charge is 0.340 e. The van der Waals surface area contributed by atoms with Crippen molar-refractivity contribution in [3.8, 4) is 11.5 Å². The molecule has 4 heterocycles. The molecule has 0 N–H and O–H groups in total. The lowest BCUT2D eigenvalue weighted by Crippen LogP contribution is -2.53. The van der Waals surface area contributed by atoms with E-state index in [1.165, 1.54) is 0 Å². The minimum Gasteiger partial charge on any atom is -0.493 e. The molecule has 5 rings (SSSR count). The van der Waals surface area contributed by atoms with E-state index in [4.69, 9.17) is 23.8 Å². The maximum absolute atomic E-state index is 12.4. The fourth-order valence-corrected chi connectivity index (χ4v) is 5.15. The Labute approximate surface area is 145 Å². The third kappa shape index (κ3) is 1.73. The average molecular weight is 347 g/mol. The van der Waals surface area contributed by atoms with Crippen LogP contribution in [0.3, 0.4) is 0 Å². The zero-order valence-corrected chi connectivity index (χ0v) is 14.3. The molecule has 0 bridgehead atoms. The zero-order valence-electron chi connectivity index (χ0n) is 14.3. The topological polar surface area (TPSA) is 66.5 Å². The standard InChI is InChI=1S/C18H21NO6/c1-21-12-5-4-11(8-13(12)22-2)9-18-14-15(20)24-16(18)23-10-17(18)6-3-7-19(17)25-14/h4-5,8,14,16H,3,6-7,9-10H2,1-2H3/t14-,16+,17+,18-/m1/s1. The number of nitrogens with zero attached hydrogens (tertiary/aromatic N) is 1. The van der Waals surface area contributed by atoms with Crippen LogP contribution in [0, 0.1) is 5.41 Å². The Kier molecular flexibility index (Phi) is 3.14. The Hall–Kier alpha value is -1.83. The molecule has 7 heteroatoms. The molecule has 7 nitrogen and oxygen atoms in total. The summed E-state index contributed by atoms with van der Waals surface area (Å²) in [6, 6.07) is 5.85. The second kappa shape index (κ2) is 5.09. The number of rotatable bonds is 4. The minimum absolute atomic E-state index is 0.290. The van der Waals surface area contributed by atoms with Crippen LogP contribution in [-0.2, 0) is 25.5 Å². The molecule has 4 atom stereocenters. The summed E-state index contributed by atoms with van der Waals surface area (Å²) in [6.07, 6.45) is 1.45. The van der Waals surface area contributed by atoms with Crippen molar-refractivity contribution < 1.29 is 28.6 Å². The second-order valence-electron chi connectivity index (χ2n) is 7.21. The summed E-state index contributed by atoms with van der Waals surface area (Å²) < 4.78 is 22.2. The Morgan fingerprint density at radius 2 is 2.12 bits per heavy atom. The van der Waals surface area contributed by atoms with Crippen molar-refractivity contribution in [2.24, 2.45) is 5.41 Å². The Morgan fingerprint density at radius 3 is 2.92 bits per heavy atom. The maximum atomic E-state index is 12.4. The lowest BCUT2D eigenvalue weighted by Gasteiger charge is -2.36. The zero-order chi connectivity index (χ0) is 17.2. The van der Waals surface area contributed by atoms with Gasteiger partial charge in [-0.1, -0.05) is 6.07 Å². The normalized spacial score (nSPS) is 38.6. The molecule has 0 radical (unpaired) electrons. The number of benzene rings is 1. The van der Waals surface area contributed by atoms with Crippen LogP contribution in [0.25, 0.3) is 0 Å². The van der Waals surface area contributed by atoms with Gasteiger partial charge in [-0.15, -0.1) is 0 Å². The highest BCUT2D eigenvalue weighted by atomic mass is 16.8. The van der Waals surface area contributed by atoms with Gasteiger partial charge >= 0.3 is 5.97 Å². The SMILES string of the molecule is COc1ccc(C[C@@]23[C@H]4OC[C@@]25CCCN5O[C@@H]3C(=O)O4)cc1OC. The van der Waals surface area contributed by atoms with Crippen LogP contribution >= 0.6 is 0 Å². The average Bonchev–Trinajstić information content (AvgIpc) is 3.29. The van der Waals surface area contributed by atoms with Gasteiger partial charge in [-0.2, -0.15) is 5.06 Å². The molecule has 4 aliphatic heterocycles. The molecule has 4 aliphatic rings. The highest BCUT2D eigenvalue weighted by molar-refractivity contribution is 5.80. The molecule has 1 aromatic rings. The number of carbonyl (C=O) groups excluding carboxylic acids is 1. The lowest BCUT2D eigenvalue weighted by atomic mass is 9.65. The fourth-order valence-electron chi connectivity index (χ4n) is 5.15. The van der Waals surface area contributed by atoms with E-state index in [-0.39, 0.29) is 11.5 Å². The van der Waals surface area contributed by atoms with Crippen LogP contribution < -0.4 is 9.47 Å². The molecule has 4 fully saturated rings. The molecule has 4 saturated heterocycles. The largest absolute Gasteiger partial charge is 0.493 e. The number of hydrogen-bond acceptors (Lipinski definition) is 7. The van der Waals surface area contributed by atoms with Gasteiger partial charge in [0.25, 0.3) is 0 Å². The quantitative estimate of drug-likeness (QED) is 0.761. The first kappa shape index (κ1) is 15.4. The van der Waals surface area contributed by atoms with E-state index in [2.05, 4.69) is 0 Å². The Morgan fingerprint density at radius 1 is 1.28 bits per heavy atom. The molecule has 1 aromatic carbocycles. The highest BCUT2D eigenvalue weighted by Crippen LogP contribution is 2.64. The van der Waals surface area contributed by atoms with E-state index in [9.17, 15) is 4.79 Å². The fraction of sp³-hybridized carbons (Fsp3) is 0.611. The van der Waals surface area contributed by atoms with E-state index in [0.29, 0.717) is 24.5 Å². The van der Waals surface area contributed by atoms with Crippen LogP contribution in [-0.4, -0.2) is 56.3 Å². The molecule has 25 heavy (non-hydrogen) atoms. The Balaban J connectivity index is 1.58. The highest BCUT2D eigenvalue weighted by Gasteiger charge is 2.80.